The zero-order chi connectivity index (χ0) is 19.0. The van der Waals surface area contributed by atoms with Gasteiger partial charge < -0.3 is 20.4 Å². The Kier molecular flexibility index (Phi) is 5.96. The minimum absolute atomic E-state index is 0.198. The molecule has 1 aliphatic heterocycles. The van der Waals surface area contributed by atoms with Gasteiger partial charge >= 0.3 is 0 Å². The minimum Gasteiger partial charge on any atom is -0.395 e. The Hall–Kier alpha value is -0.460. The number of nitrogens with zero attached hydrogens (tertiary/aromatic N) is 1. The monoisotopic (exact) mass is 379 g/mol. The molecule has 4 aliphatic carbocycles. The summed E-state index contributed by atoms with van der Waals surface area (Å²) in [5, 5.41) is 39.2. The Morgan fingerprint density at radius 3 is 2.11 bits per heavy atom. The van der Waals surface area contributed by atoms with Crippen LogP contribution in [-0.4, -0.2) is 69.4 Å². The van der Waals surface area contributed by atoms with Crippen LogP contribution in [0.3, 0.4) is 0 Å². The Labute approximate surface area is 163 Å². The van der Waals surface area contributed by atoms with Gasteiger partial charge in [-0.2, -0.15) is 0 Å². The molecule has 4 bridgehead atoms. The second kappa shape index (κ2) is 8.11. The zero-order valence-corrected chi connectivity index (χ0v) is 16.4. The fourth-order valence-electron chi connectivity index (χ4n) is 6.93. The van der Waals surface area contributed by atoms with Crippen molar-refractivity contribution in [2.45, 2.75) is 82.1 Å². The topological polar surface area (TPSA) is 84.2 Å². The van der Waals surface area contributed by atoms with E-state index in [4.69, 9.17) is 0 Å². The molecular formula is C22H37NO4. The fourth-order valence-corrected chi connectivity index (χ4v) is 6.93. The number of hydrogen-bond donors (Lipinski definition) is 4. The molecule has 4 atom stereocenters. The summed E-state index contributed by atoms with van der Waals surface area (Å²) in [6.45, 7) is 0.848. The molecule has 0 aromatic rings. The standard InChI is InChI=1S/C22H37NO4/c24-14-18-20(26)21(27)19(25)13-23(18)6-4-2-1-3-5-22-10-15-7-16(11-22)9-17(8-15)12-22/h3,5,15-21,24-27H,1-2,4,6-14H2/b5-3-/t15?,16?,17?,18-,19+,20-,21-,22?/m1/s1. The van der Waals surface area contributed by atoms with Crippen LogP contribution in [-0.2, 0) is 0 Å². The van der Waals surface area contributed by atoms with Gasteiger partial charge in [-0.25, -0.2) is 0 Å². The van der Waals surface area contributed by atoms with Gasteiger partial charge in [0.05, 0.1) is 18.8 Å². The molecule has 5 aliphatic rings. The van der Waals surface area contributed by atoms with Crippen molar-refractivity contribution >= 4 is 0 Å². The quantitative estimate of drug-likeness (QED) is 0.400. The largest absolute Gasteiger partial charge is 0.395 e. The molecule has 5 nitrogen and oxygen atoms in total. The molecule has 0 radical (unpaired) electrons. The molecule has 4 N–H and O–H groups in total. The predicted octanol–water partition coefficient (Wildman–Crippen LogP) is 1.69. The van der Waals surface area contributed by atoms with Crippen molar-refractivity contribution in [1.82, 2.24) is 4.90 Å². The van der Waals surface area contributed by atoms with Crippen LogP contribution >= 0.6 is 0 Å². The average molecular weight is 380 g/mol. The molecule has 154 valence electrons. The molecule has 4 saturated carbocycles. The third-order valence-corrected chi connectivity index (χ3v) is 7.84. The van der Waals surface area contributed by atoms with Crippen molar-refractivity contribution in [3.63, 3.8) is 0 Å². The summed E-state index contributed by atoms with van der Waals surface area (Å²) in [5.74, 6) is 2.97. The van der Waals surface area contributed by atoms with Gasteiger partial charge in [0.15, 0.2) is 0 Å². The van der Waals surface area contributed by atoms with Gasteiger partial charge in [0.2, 0.25) is 0 Å². The lowest BCUT2D eigenvalue weighted by Crippen LogP contribution is -2.62. The van der Waals surface area contributed by atoms with Crippen molar-refractivity contribution in [1.29, 1.82) is 0 Å². The van der Waals surface area contributed by atoms with Crippen LogP contribution in [0.4, 0.5) is 0 Å². The van der Waals surface area contributed by atoms with Crippen molar-refractivity contribution in [2.24, 2.45) is 23.2 Å². The van der Waals surface area contributed by atoms with E-state index in [-0.39, 0.29) is 6.61 Å². The zero-order valence-electron chi connectivity index (χ0n) is 16.4. The molecule has 1 saturated heterocycles. The summed E-state index contributed by atoms with van der Waals surface area (Å²) in [5.41, 5.74) is 0.508. The molecule has 1 heterocycles. The molecule has 5 fully saturated rings. The summed E-state index contributed by atoms with van der Waals surface area (Å²) in [6.07, 6.45) is 13.6. The highest BCUT2D eigenvalue weighted by molar-refractivity contribution is 5.10. The normalized spacial score (nSPS) is 47.2. The van der Waals surface area contributed by atoms with Gasteiger partial charge in [-0.05, 0) is 87.5 Å². The van der Waals surface area contributed by atoms with Gasteiger partial charge in [-0.3, -0.25) is 4.90 Å². The third kappa shape index (κ3) is 4.13. The van der Waals surface area contributed by atoms with Gasteiger partial charge in [0.1, 0.15) is 12.2 Å². The second-order valence-corrected chi connectivity index (χ2v) is 9.97. The number of hydrogen-bond acceptors (Lipinski definition) is 5. The van der Waals surface area contributed by atoms with Gasteiger partial charge in [-0.1, -0.05) is 12.2 Å². The molecule has 27 heavy (non-hydrogen) atoms. The van der Waals surface area contributed by atoms with Crippen molar-refractivity contribution in [3.8, 4) is 0 Å². The number of aliphatic hydroxyl groups excluding tert-OH is 4. The smallest absolute Gasteiger partial charge is 0.109 e. The van der Waals surface area contributed by atoms with Crippen LogP contribution in [0.15, 0.2) is 12.2 Å². The van der Waals surface area contributed by atoms with Crippen LogP contribution in [0.1, 0.15) is 57.8 Å². The highest BCUT2D eigenvalue weighted by Gasteiger charge is 2.49. The first-order valence-corrected chi connectivity index (χ1v) is 11.1. The Bertz CT molecular complexity index is 501. The number of likely N-dealkylation sites (tertiary alicyclic amines) is 1. The van der Waals surface area contributed by atoms with E-state index < -0.39 is 24.4 Å². The van der Waals surface area contributed by atoms with E-state index in [9.17, 15) is 20.4 Å². The maximum absolute atomic E-state index is 10.0. The third-order valence-electron chi connectivity index (χ3n) is 7.84. The van der Waals surface area contributed by atoms with Gasteiger partial charge in [0.25, 0.3) is 0 Å². The molecule has 5 rings (SSSR count). The molecule has 0 aromatic heterocycles. The molecule has 0 aromatic carbocycles. The highest BCUT2D eigenvalue weighted by Crippen LogP contribution is 2.60. The molecule has 5 heteroatoms. The molecular weight excluding hydrogens is 342 g/mol. The first-order chi connectivity index (χ1) is 13.0. The SMILES string of the molecule is OC[C@@H]1[C@@H](O)[C@H](O)[C@@H](O)CN1CCCC/C=C\C12CC3CC(CC(C3)C1)C2. The van der Waals surface area contributed by atoms with E-state index in [1.54, 1.807) is 0 Å². The molecule has 0 unspecified atom stereocenters. The number of unbranched alkanes of at least 4 members (excludes halogenated alkanes) is 2. The summed E-state index contributed by atoms with van der Waals surface area (Å²) >= 11 is 0. The van der Waals surface area contributed by atoms with E-state index in [0.29, 0.717) is 12.0 Å². The summed E-state index contributed by atoms with van der Waals surface area (Å²) in [7, 11) is 0. The first kappa shape index (κ1) is 19.8. The van der Waals surface area contributed by atoms with Gasteiger partial charge in [-0.15, -0.1) is 0 Å². The summed E-state index contributed by atoms with van der Waals surface area (Å²) in [6, 6.07) is -0.481. The van der Waals surface area contributed by atoms with E-state index >= 15 is 0 Å². The van der Waals surface area contributed by atoms with Crippen LogP contribution in [0, 0.1) is 23.2 Å². The van der Waals surface area contributed by atoms with E-state index in [0.717, 1.165) is 43.6 Å². The second-order valence-electron chi connectivity index (χ2n) is 9.97. The van der Waals surface area contributed by atoms with Crippen LogP contribution < -0.4 is 0 Å². The number of piperidine rings is 1. The maximum atomic E-state index is 10.0. The fraction of sp³-hybridized carbons (Fsp3) is 0.909. The van der Waals surface area contributed by atoms with Crippen molar-refractivity contribution < 1.29 is 20.4 Å². The van der Waals surface area contributed by atoms with Crippen LogP contribution in [0.25, 0.3) is 0 Å². The highest BCUT2D eigenvalue weighted by atomic mass is 16.4. The predicted molar refractivity (Wildman–Crippen MR) is 104 cm³/mol. The lowest BCUT2D eigenvalue weighted by atomic mass is 9.49. The number of β-amino-alcohol motifs (C(OH)–C–C–N with tert-alkyl or cyclic N) is 1. The Morgan fingerprint density at radius 2 is 1.52 bits per heavy atom. The van der Waals surface area contributed by atoms with Crippen LogP contribution in [0.2, 0.25) is 0 Å². The Morgan fingerprint density at radius 1 is 0.889 bits per heavy atom. The molecule has 0 amide bonds. The van der Waals surface area contributed by atoms with E-state index in [2.05, 4.69) is 12.2 Å². The van der Waals surface area contributed by atoms with E-state index in [1.807, 2.05) is 4.90 Å². The first-order valence-electron chi connectivity index (χ1n) is 11.1. The van der Waals surface area contributed by atoms with Crippen molar-refractivity contribution in [3.05, 3.63) is 12.2 Å². The van der Waals surface area contributed by atoms with Crippen LogP contribution in [0.5, 0.6) is 0 Å². The molecule has 0 spiro atoms. The minimum atomic E-state index is -1.17. The van der Waals surface area contributed by atoms with Crippen molar-refractivity contribution in [2.75, 3.05) is 19.7 Å². The maximum Gasteiger partial charge on any atom is 0.109 e. The number of rotatable bonds is 7. The number of allylic oxidation sites excluding steroid dienone is 2. The average Bonchev–Trinajstić information content (AvgIpc) is 2.61. The lowest BCUT2D eigenvalue weighted by Gasteiger charge is -2.56. The summed E-state index contributed by atoms with van der Waals surface area (Å²) in [4.78, 5) is 1.92. The Balaban J connectivity index is 1.21. The van der Waals surface area contributed by atoms with E-state index in [1.165, 1.54) is 38.5 Å². The summed E-state index contributed by atoms with van der Waals surface area (Å²) < 4.78 is 0. The number of aliphatic hydroxyl groups is 4. The van der Waals surface area contributed by atoms with Gasteiger partial charge in [0, 0.05) is 6.54 Å². The lowest BCUT2D eigenvalue weighted by molar-refractivity contribution is -0.145.